The Morgan fingerprint density at radius 3 is 2.59 bits per heavy atom. The van der Waals surface area contributed by atoms with Gasteiger partial charge in [0.15, 0.2) is 5.16 Å². The van der Waals surface area contributed by atoms with E-state index >= 15 is 0 Å². The number of benzene rings is 2. The van der Waals surface area contributed by atoms with Crippen LogP contribution < -0.4 is 20.7 Å². The van der Waals surface area contributed by atoms with Gasteiger partial charge >= 0.3 is 6.09 Å². The van der Waals surface area contributed by atoms with E-state index in [-0.39, 0.29) is 11.7 Å². The summed E-state index contributed by atoms with van der Waals surface area (Å²) in [6.45, 7) is 0. The van der Waals surface area contributed by atoms with Gasteiger partial charge in [-0.3, -0.25) is 4.79 Å². The second kappa shape index (κ2) is 9.07. The number of rotatable bonds is 6. The minimum absolute atomic E-state index is 0.268. The Labute approximate surface area is 172 Å². The van der Waals surface area contributed by atoms with Crippen LogP contribution in [-0.4, -0.2) is 35.3 Å². The SMILES string of the molecule is CSc1ncc(C(=O)N(C)c2ccccc2)c(Nc2cccc(OC(N)=O)c2)n1. The summed E-state index contributed by atoms with van der Waals surface area (Å²) in [4.78, 5) is 34.3. The van der Waals surface area contributed by atoms with Gasteiger partial charge in [-0.25, -0.2) is 14.8 Å². The number of hydrogen-bond acceptors (Lipinski definition) is 7. The lowest BCUT2D eigenvalue weighted by molar-refractivity contribution is 0.0993. The lowest BCUT2D eigenvalue weighted by Gasteiger charge is -2.19. The Morgan fingerprint density at radius 2 is 1.90 bits per heavy atom. The largest absolute Gasteiger partial charge is 0.410 e. The highest BCUT2D eigenvalue weighted by atomic mass is 32.2. The highest BCUT2D eigenvalue weighted by Gasteiger charge is 2.20. The van der Waals surface area contributed by atoms with Gasteiger partial charge in [-0.1, -0.05) is 36.0 Å². The highest BCUT2D eigenvalue weighted by molar-refractivity contribution is 7.98. The van der Waals surface area contributed by atoms with Crippen LogP contribution in [-0.2, 0) is 0 Å². The molecule has 148 valence electrons. The number of anilines is 3. The molecule has 0 radical (unpaired) electrons. The molecule has 0 aliphatic carbocycles. The number of nitrogens with two attached hydrogens (primary N) is 1. The molecule has 0 atom stereocenters. The standard InChI is InChI=1S/C20H19N5O3S/c1-25(14-8-4-3-5-9-14)18(26)16-12-22-20(29-2)24-17(16)23-13-7-6-10-15(11-13)28-19(21)27/h3-12H,1-2H3,(H2,21,27)(H,22,23,24). The van der Waals surface area contributed by atoms with Crippen molar-refractivity contribution in [3.05, 3.63) is 66.4 Å². The second-order valence-electron chi connectivity index (χ2n) is 5.89. The lowest BCUT2D eigenvalue weighted by atomic mass is 10.2. The van der Waals surface area contributed by atoms with E-state index in [1.54, 1.807) is 31.3 Å². The predicted octanol–water partition coefficient (Wildman–Crippen LogP) is 3.68. The van der Waals surface area contributed by atoms with E-state index in [9.17, 15) is 9.59 Å². The molecule has 2 amide bonds. The summed E-state index contributed by atoms with van der Waals surface area (Å²) in [6.07, 6.45) is 2.43. The fourth-order valence-electron chi connectivity index (χ4n) is 2.56. The topological polar surface area (TPSA) is 110 Å². The predicted molar refractivity (Wildman–Crippen MR) is 113 cm³/mol. The second-order valence-corrected chi connectivity index (χ2v) is 6.67. The van der Waals surface area contributed by atoms with Gasteiger partial charge in [-0.15, -0.1) is 0 Å². The number of thioether (sulfide) groups is 1. The molecule has 0 aliphatic heterocycles. The maximum atomic E-state index is 13.1. The first-order chi connectivity index (χ1) is 14.0. The van der Waals surface area contributed by atoms with Crippen LogP contribution in [0.15, 0.2) is 66.0 Å². The summed E-state index contributed by atoms with van der Waals surface area (Å²) in [5.74, 6) is 0.347. The number of carbonyl (C=O) groups excluding carboxylic acids is 2. The number of amides is 2. The number of primary amides is 1. The molecule has 9 heteroatoms. The average molecular weight is 409 g/mol. The minimum atomic E-state index is -0.908. The quantitative estimate of drug-likeness (QED) is 0.472. The van der Waals surface area contributed by atoms with Crippen LogP contribution in [0.1, 0.15) is 10.4 Å². The van der Waals surface area contributed by atoms with Crippen molar-refractivity contribution >= 4 is 41.0 Å². The van der Waals surface area contributed by atoms with Crippen LogP contribution in [0.4, 0.5) is 22.0 Å². The number of carbonyl (C=O) groups is 2. The van der Waals surface area contributed by atoms with Gasteiger partial charge in [0.05, 0.1) is 0 Å². The zero-order chi connectivity index (χ0) is 20.8. The lowest BCUT2D eigenvalue weighted by Crippen LogP contribution is -2.27. The molecule has 2 aromatic carbocycles. The molecule has 1 heterocycles. The smallest absolute Gasteiger partial charge is 0.409 e. The fraction of sp³-hybridized carbons (Fsp3) is 0.100. The van der Waals surface area contributed by atoms with Crippen LogP contribution in [0.25, 0.3) is 0 Å². The van der Waals surface area contributed by atoms with Gasteiger partial charge in [0.1, 0.15) is 17.1 Å². The zero-order valence-corrected chi connectivity index (χ0v) is 16.6. The summed E-state index contributed by atoms with van der Waals surface area (Å²) >= 11 is 1.36. The third-order valence-corrected chi connectivity index (χ3v) is 4.50. The molecule has 0 saturated carbocycles. The summed E-state index contributed by atoms with van der Waals surface area (Å²) in [6, 6.07) is 15.9. The van der Waals surface area contributed by atoms with Crippen molar-refractivity contribution in [2.75, 3.05) is 23.5 Å². The van der Waals surface area contributed by atoms with Crippen molar-refractivity contribution in [1.29, 1.82) is 0 Å². The molecule has 1 aromatic heterocycles. The molecule has 0 aliphatic rings. The summed E-state index contributed by atoms with van der Waals surface area (Å²) in [7, 11) is 1.69. The third kappa shape index (κ3) is 5.02. The van der Waals surface area contributed by atoms with E-state index in [1.165, 1.54) is 22.9 Å². The summed E-state index contributed by atoms with van der Waals surface area (Å²) < 4.78 is 4.90. The molecule has 3 aromatic rings. The van der Waals surface area contributed by atoms with Gasteiger partial charge in [0.2, 0.25) is 0 Å². The zero-order valence-electron chi connectivity index (χ0n) is 15.8. The number of nitrogens with zero attached hydrogens (tertiary/aromatic N) is 3. The highest BCUT2D eigenvalue weighted by Crippen LogP contribution is 2.26. The Kier molecular flexibility index (Phi) is 6.30. The Hall–Kier alpha value is -3.59. The van der Waals surface area contributed by atoms with Crippen molar-refractivity contribution in [3.63, 3.8) is 0 Å². The van der Waals surface area contributed by atoms with Crippen LogP contribution in [0.5, 0.6) is 5.75 Å². The van der Waals surface area contributed by atoms with Crippen molar-refractivity contribution in [1.82, 2.24) is 9.97 Å². The fourth-order valence-corrected chi connectivity index (χ4v) is 2.90. The van der Waals surface area contributed by atoms with E-state index in [0.29, 0.717) is 22.2 Å². The number of nitrogens with one attached hydrogen (secondary N) is 1. The maximum absolute atomic E-state index is 13.1. The Morgan fingerprint density at radius 1 is 1.14 bits per heavy atom. The minimum Gasteiger partial charge on any atom is -0.410 e. The first kappa shape index (κ1) is 20.2. The molecule has 29 heavy (non-hydrogen) atoms. The van der Waals surface area contributed by atoms with E-state index < -0.39 is 6.09 Å². The molecule has 0 spiro atoms. The number of ether oxygens (including phenoxy) is 1. The van der Waals surface area contributed by atoms with Gasteiger partial charge in [0, 0.05) is 30.7 Å². The van der Waals surface area contributed by atoms with Gasteiger partial charge in [0.25, 0.3) is 5.91 Å². The van der Waals surface area contributed by atoms with Crippen LogP contribution in [0, 0.1) is 0 Å². The van der Waals surface area contributed by atoms with Gasteiger partial charge in [-0.05, 0) is 30.5 Å². The number of hydrogen-bond donors (Lipinski definition) is 2. The summed E-state index contributed by atoms with van der Waals surface area (Å²) in [5.41, 5.74) is 6.68. The third-order valence-electron chi connectivity index (χ3n) is 3.94. The molecular formula is C20H19N5O3S. The number of para-hydroxylation sites is 1. The van der Waals surface area contributed by atoms with Crippen molar-refractivity contribution in [3.8, 4) is 5.75 Å². The van der Waals surface area contributed by atoms with Crippen molar-refractivity contribution in [2.24, 2.45) is 5.73 Å². The monoisotopic (exact) mass is 409 g/mol. The molecule has 3 rings (SSSR count). The van der Waals surface area contributed by atoms with E-state index in [4.69, 9.17) is 10.5 Å². The van der Waals surface area contributed by atoms with Crippen molar-refractivity contribution in [2.45, 2.75) is 5.16 Å². The van der Waals surface area contributed by atoms with Gasteiger partial charge < -0.3 is 20.7 Å². The molecule has 3 N–H and O–H groups in total. The molecule has 0 saturated heterocycles. The molecule has 0 bridgehead atoms. The van der Waals surface area contributed by atoms with Crippen molar-refractivity contribution < 1.29 is 14.3 Å². The van der Waals surface area contributed by atoms with Gasteiger partial charge in [-0.2, -0.15) is 0 Å². The molecule has 0 fully saturated rings. The van der Waals surface area contributed by atoms with Crippen LogP contribution in [0.2, 0.25) is 0 Å². The Balaban J connectivity index is 1.94. The average Bonchev–Trinajstić information content (AvgIpc) is 2.73. The first-order valence-electron chi connectivity index (χ1n) is 8.56. The normalized spacial score (nSPS) is 10.3. The number of aromatic nitrogens is 2. The van der Waals surface area contributed by atoms with E-state index in [0.717, 1.165) is 5.69 Å². The maximum Gasteiger partial charge on any atom is 0.409 e. The molecule has 0 unspecified atom stereocenters. The summed E-state index contributed by atoms with van der Waals surface area (Å²) in [5, 5.41) is 3.61. The van der Waals surface area contributed by atoms with Crippen LogP contribution >= 0.6 is 11.8 Å². The first-order valence-corrected chi connectivity index (χ1v) is 9.79. The van der Waals surface area contributed by atoms with Crippen LogP contribution in [0.3, 0.4) is 0 Å². The molecule has 8 nitrogen and oxygen atoms in total. The molecular weight excluding hydrogens is 390 g/mol. The van der Waals surface area contributed by atoms with E-state index in [1.807, 2.05) is 36.6 Å². The van der Waals surface area contributed by atoms with E-state index in [2.05, 4.69) is 15.3 Å². The Bertz CT molecular complexity index is 1030.